The highest BCUT2D eigenvalue weighted by molar-refractivity contribution is 7.09. The van der Waals surface area contributed by atoms with Crippen LogP contribution < -0.4 is 5.32 Å². The van der Waals surface area contributed by atoms with Crippen molar-refractivity contribution >= 4 is 22.9 Å². The van der Waals surface area contributed by atoms with Gasteiger partial charge in [0.1, 0.15) is 0 Å². The zero-order chi connectivity index (χ0) is 14.4. The number of rotatable bonds is 8. The number of nitrogens with one attached hydrogen (secondary N) is 1. The zero-order valence-corrected chi connectivity index (χ0v) is 13.4. The number of halogens is 1. The first-order valence-corrected chi connectivity index (χ1v) is 7.98. The Labute approximate surface area is 128 Å². The molecular formula is C14H20ClN3OS. The summed E-state index contributed by atoms with van der Waals surface area (Å²) in [5.41, 5.74) is 1.04. The lowest BCUT2D eigenvalue weighted by Crippen LogP contribution is -2.26. The number of hydrogen-bond donors (Lipinski definition) is 1. The Morgan fingerprint density at radius 1 is 1.55 bits per heavy atom. The van der Waals surface area contributed by atoms with Crippen molar-refractivity contribution in [3.05, 3.63) is 39.3 Å². The van der Waals surface area contributed by atoms with Gasteiger partial charge in [-0.1, -0.05) is 24.6 Å². The van der Waals surface area contributed by atoms with E-state index in [1.54, 1.807) is 24.6 Å². The molecule has 0 aliphatic heterocycles. The second kappa shape index (κ2) is 7.78. The molecule has 2 rings (SSSR count). The van der Waals surface area contributed by atoms with Crippen LogP contribution in [-0.4, -0.2) is 30.0 Å². The van der Waals surface area contributed by atoms with E-state index in [2.05, 4.69) is 34.9 Å². The molecule has 0 saturated carbocycles. The summed E-state index contributed by atoms with van der Waals surface area (Å²) in [5.74, 6) is 0. The summed E-state index contributed by atoms with van der Waals surface area (Å²) in [6.07, 6.45) is 2.63. The summed E-state index contributed by atoms with van der Waals surface area (Å²) < 4.78 is 7.07. The van der Waals surface area contributed by atoms with E-state index in [9.17, 15) is 0 Å². The highest BCUT2D eigenvalue weighted by Gasteiger charge is 2.20. The number of methoxy groups -OCH3 is 1. The molecule has 20 heavy (non-hydrogen) atoms. The molecule has 0 radical (unpaired) electrons. The normalized spacial score (nSPS) is 12.8. The third-order valence-electron chi connectivity index (χ3n) is 3.11. The van der Waals surface area contributed by atoms with Gasteiger partial charge in [0.2, 0.25) is 0 Å². The smallest absolute Gasteiger partial charge is 0.0834 e. The van der Waals surface area contributed by atoms with Crippen LogP contribution in [0.25, 0.3) is 0 Å². The van der Waals surface area contributed by atoms with Gasteiger partial charge in [-0.05, 0) is 18.0 Å². The van der Waals surface area contributed by atoms with Crippen LogP contribution in [0, 0.1) is 0 Å². The molecule has 1 atom stereocenters. The quantitative estimate of drug-likeness (QED) is 0.814. The van der Waals surface area contributed by atoms with Gasteiger partial charge in [-0.2, -0.15) is 5.10 Å². The average molecular weight is 314 g/mol. The standard InChI is InChI=1S/C14H20ClN3OS/c1-3-16-13(9-11-5-4-8-20-11)14-12(15)10-17-18(14)6-7-19-2/h4-5,8,10,13,16H,3,6-7,9H2,1-2H3. The molecule has 0 aromatic carbocycles. The molecule has 0 aliphatic carbocycles. The molecule has 4 nitrogen and oxygen atoms in total. The monoisotopic (exact) mass is 313 g/mol. The predicted molar refractivity (Wildman–Crippen MR) is 83.6 cm³/mol. The molecular weight excluding hydrogens is 294 g/mol. The highest BCUT2D eigenvalue weighted by Crippen LogP contribution is 2.27. The molecule has 0 fully saturated rings. The van der Waals surface area contributed by atoms with Crippen molar-refractivity contribution in [2.45, 2.75) is 25.9 Å². The van der Waals surface area contributed by atoms with Gasteiger partial charge in [-0.25, -0.2) is 0 Å². The van der Waals surface area contributed by atoms with Gasteiger partial charge in [0.05, 0.1) is 36.1 Å². The highest BCUT2D eigenvalue weighted by atomic mass is 35.5. The first kappa shape index (κ1) is 15.5. The molecule has 0 aliphatic rings. The maximum atomic E-state index is 6.33. The molecule has 6 heteroatoms. The Morgan fingerprint density at radius 2 is 2.40 bits per heavy atom. The topological polar surface area (TPSA) is 39.1 Å². The van der Waals surface area contributed by atoms with Crippen LogP contribution in [0.2, 0.25) is 5.02 Å². The summed E-state index contributed by atoms with van der Waals surface area (Å²) >= 11 is 8.10. The van der Waals surface area contributed by atoms with Crippen molar-refractivity contribution in [3.63, 3.8) is 0 Å². The molecule has 0 spiro atoms. The fourth-order valence-corrected chi connectivity index (χ4v) is 3.24. The largest absolute Gasteiger partial charge is 0.383 e. The molecule has 1 N–H and O–H groups in total. The minimum atomic E-state index is 0.172. The van der Waals surface area contributed by atoms with Crippen LogP contribution in [0.4, 0.5) is 0 Å². The van der Waals surface area contributed by atoms with Crippen molar-refractivity contribution in [2.24, 2.45) is 0 Å². The summed E-state index contributed by atoms with van der Waals surface area (Å²) in [7, 11) is 1.69. The zero-order valence-electron chi connectivity index (χ0n) is 11.8. The van der Waals surface area contributed by atoms with Crippen molar-refractivity contribution in [1.82, 2.24) is 15.1 Å². The van der Waals surface area contributed by atoms with Crippen molar-refractivity contribution in [3.8, 4) is 0 Å². The first-order valence-electron chi connectivity index (χ1n) is 6.72. The number of aromatic nitrogens is 2. The van der Waals surface area contributed by atoms with E-state index in [1.807, 2.05) is 4.68 Å². The minimum absolute atomic E-state index is 0.172. The number of likely N-dealkylation sites (N-methyl/N-ethyl adjacent to an activating group) is 1. The van der Waals surface area contributed by atoms with Crippen LogP contribution in [0.5, 0.6) is 0 Å². The lowest BCUT2D eigenvalue weighted by Gasteiger charge is -2.19. The van der Waals surface area contributed by atoms with Crippen molar-refractivity contribution < 1.29 is 4.74 Å². The van der Waals surface area contributed by atoms with Crippen LogP contribution in [-0.2, 0) is 17.7 Å². The molecule has 0 saturated heterocycles. The average Bonchev–Trinajstić information content (AvgIpc) is 3.06. The van der Waals surface area contributed by atoms with Crippen molar-refractivity contribution in [2.75, 3.05) is 20.3 Å². The molecule has 1 unspecified atom stereocenters. The fourth-order valence-electron chi connectivity index (χ4n) is 2.22. The van der Waals surface area contributed by atoms with E-state index in [0.29, 0.717) is 18.2 Å². The third-order valence-corrected chi connectivity index (χ3v) is 4.30. The Hall–Kier alpha value is -0.880. The Bertz CT molecular complexity index is 512. The maximum absolute atomic E-state index is 6.33. The molecule has 2 aromatic heterocycles. The van der Waals surface area contributed by atoms with Crippen LogP contribution >= 0.6 is 22.9 Å². The van der Waals surface area contributed by atoms with E-state index in [0.717, 1.165) is 18.7 Å². The number of ether oxygens (including phenoxy) is 1. The van der Waals surface area contributed by atoms with E-state index >= 15 is 0 Å². The third kappa shape index (κ3) is 3.82. The van der Waals surface area contributed by atoms with Gasteiger partial charge in [-0.15, -0.1) is 11.3 Å². The van der Waals surface area contributed by atoms with E-state index in [4.69, 9.17) is 16.3 Å². The molecule has 110 valence electrons. The van der Waals surface area contributed by atoms with Gasteiger partial charge in [0, 0.05) is 18.4 Å². The van der Waals surface area contributed by atoms with Crippen molar-refractivity contribution in [1.29, 1.82) is 0 Å². The SMILES string of the molecule is CCNC(Cc1cccs1)c1c(Cl)cnn1CCOC. The lowest BCUT2D eigenvalue weighted by molar-refractivity contribution is 0.181. The number of hydrogen-bond acceptors (Lipinski definition) is 4. The first-order chi connectivity index (χ1) is 9.76. The number of nitrogens with zero attached hydrogens (tertiary/aromatic N) is 2. The summed E-state index contributed by atoms with van der Waals surface area (Å²) in [5, 5.41) is 10.7. The van der Waals surface area contributed by atoms with Crippen LogP contribution in [0.3, 0.4) is 0 Å². The summed E-state index contributed by atoms with van der Waals surface area (Å²) in [4.78, 5) is 1.34. The maximum Gasteiger partial charge on any atom is 0.0834 e. The van der Waals surface area contributed by atoms with Gasteiger partial charge >= 0.3 is 0 Å². The lowest BCUT2D eigenvalue weighted by atomic mass is 10.1. The summed E-state index contributed by atoms with van der Waals surface area (Å²) in [6, 6.07) is 4.40. The van der Waals surface area contributed by atoms with Gasteiger partial charge in [0.15, 0.2) is 0 Å². The molecule has 2 heterocycles. The number of thiophene rings is 1. The summed E-state index contributed by atoms with van der Waals surface area (Å²) in [6.45, 7) is 4.33. The van der Waals surface area contributed by atoms with Gasteiger partial charge in [-0.3, -0.25) is 4.68 Å². The Kier molecular flexibility index (Phi) is 6.04. The Balaban J connectivity index is 2.21. The predicted octanol–water partition coefficient (Wildman–Crippen LogP) is 3.14. The second-order valence-electron chi connectivity index (χ2n) is 4.49. The Morgan fingerprint density at radius 3 is 3.05 bits per heavy atom. The van der Waals surface area contributed by atoms with Gasteiger partial charge in [0.25, 0.3) is 0 Å². The second-order valence-corrected chi connectivity index (χ2v) is 5.93. The van der Waals surface area contributed by atoms with E-state index < -0.39 is 0 Å². The minimum Gasteiger partial charge on any atom is -0.383 e. The van der Waals surface area contributed by atoms with Gasteiger partial charge < -0.3 is 10.1 Å². The van der Waals surface area contributed by atoms with E-state index in [1.165, 1.54) is 4.88 Å². The molecule has 2 aromatic rings. The van der Waals surface area contributed by atoms with Crippen LogP contribution in [0.15, 0.2) is 23.7 Å². The fraction of sp³-hybridized carbons (Fsp3) is 0.500. The van der Waals surface area contributed by atoms with Crippen LogP contribution in [0.1, 0.15) is 23.5 Å². The molecule has 0 amide bonds. The van der Waals surface area contributed by atoms with E-state index in [-0.39, 0.29) is 6.04 Å². The molecule has 0 bridgehead atoms.